The van der Waals surface area contributed by atoms with Crippen LogP contribution in [-0.4, -0.2) is 35.4 Å². The Morgan fingerprint density at radius 3 is 2.57 bits per heavy atom. The lowest BCUT2D eigenvalue weighted by molar-refractivity contribution is -0.120. The number of carbonyl (C=O) groups excluding carboxylic acids is 1. The third kappa shape index (κ3) is 4.35. The highest BCUT2D eigenvalue weighted by atomic mass is 35.5. The lowest BCUT2D eigenvalue weighted by Gasteiger charge is -2.29. The Morgan fingerprint density at radius 2 is 1.80 bits per heavy atom. The quantitative estimate of drug-likeness (QED) is 0.609. The van der Waals surface area contributed by atoms with Crippen molar-refractivity contribution < 1.29 is 4.79 Å². The normalized spacial score (nSPS) is 15.4. The van der Waals surface area contributed by atoms with Crippen LogP contribution in [0.2, 0.25) is 5.02 Å². The highest BCUT2D eigenvalue weighted by molar-refractivity contribution is 6.31. The van der Waals surface area contributed by atoms with Gasteiger partial charge in [-0.05, 0) is 68.6 Å². The van der Waals surface area contributed by atoms with E-state index in [0.29, 0.717) is 13.0 Å². The molecule has 1 aliphatic rings. The second kappa shape index (κ2) is 9.15. The summed E-state index contributed by atoms with van der Waals surface area (Å²) in [7, 11) is 0. The predicted molar refractivity (Wildman–Crippen MR) is 123 cm³/mol. The zero-order valence-corrected chi connectivity index (χ0v) is 18.4. The van der Waals surface area contributed by atoms with Crippen molar-refractivity contribution in [1.29, 1.82) is 0 Å². The van der Waals surface area contributed by atoms with Gasteiger partial charge in [0.15, 0.2) is 0 Å². The third-order valence-corrected chi connectivity index (χ3v) is 6.51. The molecule has 30 heavy (non-hydrogen) atoms. The maximum Gasteiger partial charge on any atom is 0.224 e. The first-order valence-corrected chi connectivity index (χ1v) is 11.0. The van der Waals surface area contributed by atoms with Crippen molar-refractivity contribution in [3.63, 3.8) is 0 Å². The third-order valence-electron chi connectivity index (χ3n) is 6.16. The first kappa shape index (κ1) is 20.8. The van der Waals surface area contributed by atoms with Crippen LogP contribution in [0.3, 0.4) is 0 Å². The molecule has 0 bridgehead atoms. The predicted octanol–water partition coefficient (Wildman–Crippen LogP) is 5.00. The van der Waals surface area contributed by atoms with Gasteiger partial charge in [0.05, 0.1) is 18.0 Å². The zero-order chi connectivity index (χ0) is 21.1. The maximum absolute atomic E-state index is 12.9. The number of pyridine rings is 1. The van der Waals surface area contributed by atoms with Crippen LogP contribution >= 0.6 is 11.6 Å². The molecule has 1 amide bonds. The van der Waals surface area contributed by atoms with Crippen LogP contribution in [0.5, 0.6) is 0 Å². The van der Waals surface area contributed by atoms with Crippen molar-refractivity contribution in [3.8, 4) is 0 Å². The first-order valence-electron chi connectivity index (χ1n) is 10.6. The molecule has 1 atom stereocenters. The summed E-state index contributed by atoms with van der Waals surface area (Å²) >= 11 is 6.49. The van der Waals surface area contributed by atoms with Crippen LogP contribution in [0.25, 0.3) is 10.9 Å². The number of benzene rings is 2. The average molecular weight is 422 g/mol. The fraction of sp³-hybridized carbons (Fsp3) is 0.360. The van der Waals surface area contributed by atoms with E-state index in [1.807, 2.05) is 43.3 Å². The fourth-order valence-electron chi connectivity index (χ4n) is 4.50. The number of likely N-dealkylation sites (tertiary alicyclic amines) is 1. The molecule has 0 unspecified atom stereocenters. The number of carbonyl (C=O) groups is 1. The fourth-order valence-corrected chi connectivity index (χ4v) is 4.76. The summed E-state index contributed by atoms with van der Waals surface area (Å²) in [5, 5.41) is 5.04. The van der Waals surface area contributed by atoms with Gasteiger partial charge in [-0.25, -0.2) is 0 Å². The number of hydrogen-bond donors (Lipinski definition) is 1. The van der Waals surface area contributed by atoms with Gasteiger partial charge < -0.3 is 5.32 Å². The SMILES string of the molecule is Cc1nc2ccccc2c(C)c1CC(=O)NC[C@@H](c1ccccc1Cl)N1CCCC1. The van der Waals surface area contributed by atoms with E-state index in [0.717, 1.165) is 51.4 Å². The Balaban J connectivity index is 1.51. The van der Waals surface area contributed by atoms with Gasteiger partial charge in [0.2, 0.25) is 5.91 Å². The van der Waals surface area contributed by atoms with Crippen LogP contribution in [-0.2, 0) is 11.2 Å². The van der Waals surface area contributed by atoms with E-state index in [-0.39, 0.29) is 11.9 Å². The van der Waals surface area contributed by atoms with Crippen molar-refractivity contribution >= 4 is 28.4 Å². The second-order valence-electron chi connectivity index (χ2n) is 8.08. The topological polar surface area (TPSA) is 45.2 Å². The number of amides is 1. The zero-order valence-electron chi connectivity index (χ0n) is 17.6. The summed E-state index contributed by atoms with van der Waals surface area (Å²) in [5.74, 6) is 0.0227. The van der Waals surface area contributed by atoms with E-state index in [9.17, 15) is 4.79 Å². The minimum absolute atomic E-state index is 0.0227. The molecule has 1 aromatic heterocycles. The number of aryl methyl sites for hydroxylation is 2. The molecule has 2 heterocycles. The van der Waals surface area contributed by atoms with Crippen molar-refractivity contribution in [3.05, 3.63) is 75.9 Å². The van der Waals surface area contributed by atoms with Gasteiger partial charge in [0.1, 0.15) is 0 Å². The summed E-state index contributed by atoms with van der Waals surface area (Å²) in [6.07, 6.45) is 2.72. The van der Waals surface area contributed by atoms with Crippen LogP contribution in [0.4, 0.5) is 0 Å². The molecule has 3 aromatic rings. The van der Waals surface area contributed by atoms with E-state index < -0.39 is 0 Å². The minimum Gasteiger partial charge on any atom is -0.354 e. The molecule has 1 aliphatic heterocycles. The largest absolute Gasteiger partial charge is 0.354 e. The molecular weight excluding hydrogens is 394 g/mol. The molecule has 0 radical (unpaired) electrons. The van der Waals surface area contributed by atoms with Crippen molar-refractivity contribution in [2.45, 2.75) is 39.2 Å². The Bertz CT molecular complexity index is 1060. The molecular formula is C25H28ClN3O. The van der Waals surface area contributed by atoms with Gasteiger partial charge in [-0.2, -0.15) is 0 Å². The van der Waals surface area contributed by atoms with Gasteiger partial charge in [0, 0.05) is 22.6 Å². The number of halogens is 1. The molecule has 0 spiro atoms. The molecule has 156 valence electrons. The van der Waals surface area contributed by atoms with Gasteiger partial charge in [-0.15, -0.1) is 0 Å². The summed E-state index contributed by atoms with van der Waals surface area (Å²) in [6, 6.07) is 16.1. The van der Waals surface area contributed by atoms with Crippen LogP contribution in [0, 0.1) is 13.8 Å². The highest BCUT2D eigenvalue weighted by Crippen LogP contribution is 2.30. The first-order chi connectivity index (χ1) is 14.5. The monoisotopic (exact) mass is 421 g/mol. The van der Waals surface area contributed by atoms with E-state index in [1.54, 1.807) is 0 Å². The molecule has 0 saturated carbocycles. The number of nitrogens with zero attached hydrogens (tertiary/aromatic N) is 2. The van der Waals surface area contributed by atoms with Crippen molar-refractivity contribution in [2.75, 3.05) is 19.6 Å². The number of aromatic nitrogens is 1. The smallest absolute Gasteiger partial charge is 0.224 e. The van der Waals surface area contributed by atoms with E-state index in [1.165, 1.54) is 12.8 Å². The maximum atomic E-state index is 12.9. The summed E-state index contributed by atoms with van der Waals surface area (Å²) in [4.78, 5) is 20.0. The van der Waals surface area contributed by atoms with Gasteiger partial charge in [0.25, 0.3) is 0 Å². The van der Waals surface area contributed by atoms with Crippen molar-refractivity contribution in [1.82, 2.24) is 15.2 Å². The molecule has 0 aliphatic carbocycles. The molecule has 4 nitrogen and oxygen atoms in total. The van der Waals surface area contributed by atoms with Crippen molar-refractivity contribution in [2.24, 2.45) is 0 Å². The van der Waals surface area contributed by atoms with Gasteiger partial charge in [-0.3, -0.25) is 14.7 Å². The summed E-state index contributed by atoms with van der Waals surface area (Å²) in [5.41, 5.74) is 5.13. The van der Waals surface area contributed by atoms with Crippen LogP contribution in [0.15, 0.2) is 48.5 Å². The lowest BCUT2D eigenvalue weighted by atomic mass is 9.99. The number of fused-ring (bicyclic) bond motifs is 1. The number of para-hydroxylation sites is 1. The molecule has 4 rings (SSSR count). The Kier molecular flexibility index (Phi) is 6.35. The minimum atomic E-state index is 0.0227. The van der Waals surface area contributed by atoms with E-state index in [2.05, 4.69) is 29.3 Å². The number of rotatable bonds is 6. The number of nitrogens with one attached hydrogen (secondary N) is 1. The Morgan fingerprint density at radius 1 is 1.10 bits per heavy atom. The van der Waals surface area contributed by atoms with Gasteiger partial charge >= 0.3 is 0 Å². The highest BCUT2D eigenvalue weighted by Gasteiger charge is 2.25. The van der Waals surface area contributed by atoms with E-state index in [4.69, 9.17) is 16.6 Å². The standard InChI is InChI=1S/C25H28ClN3O/c1-17-19-9-4-6-12-23(19)28-18(2)21(17)15-25(30)27-16-24(29-13-7-8-14-29)20-10-3-5-11-22(20)26/h3-6,9-12,24H,7-8,13-16H2,1-2H3,(H,27,30)/t24-/m0/s1. The Labute approximate surface area is 183 Å². The Hall–Kier alpha value is -2.43. The summed E-state index contributed by atoms with van der Waals surface area (Å²) < 4.78 is 0. The molecule has 5 heteroatoms. The van der Waals surface area contributed by atoms with E-state index >= 15 is 0 Å². The molecule has 1 N–H and O–H groups in total. The van der Waals surface area contributed by atoms with Crippen LogP contribution in [0.1, 0.15) is 41.3 Å². The number of hydrogen-bond acceptors (Lipinski definition) is 3. The second-order valence-corrected chi connectivity index (χ2v) is 8.49. The average Bonchev–Trinajstić information content (AvgIpc) is 3.27. The van der Waals surface area contributed by atoms with Crippen LogP contribution < -0.4 is 5.32 Å². The molecule has 1 fully saturated rings. The van der Waals surface area contributed by atoms with Gasteiger partial charge in [-0.1, -0.05) is 48.0 Å². The molecule has 1 saturated heterocycles. The lowest BCUT2D eigenvalue weighted by Crippen LogP contribution is -2.37. The summed E-state index contributed by atoms with van der Waals surface area (Å²) in [6.45, 7) is 6.70. The molecule has 2 aromatic carbocycles.